The van der Waals surface area contributed by atoms with E-state index in [2.05, 4.69) is 20.7 Å². The van der Waals surface area contributed by atoms with E-state index < -0.39 is 6.10 Å². The molecule has 1 aromatic heterocycles. The average Bonchev–Trinajstić information content (AvgIpc) is 2.94. The van der Waals surface area contributed by atoms with Crippen LogP contribution in [0.3, 0.4) is 0 Å². The van der Waals surface area contributed by atoms with Crippen LogP contribution in [0, 0.1) is 0 Å². The van der Waals surface area contributed by atoms with Gasteiger partial charge in [-0.15, -0.1) is 15.0 Å². The van der Waals surface area contributed by atoms with Crippen LogP contribution >= 0.6 is 0 Å². The van der Waals surface area contributed by atoms with E-state index in [9.17, 15) is 5.11 Å². The number of nitrogens with one attached hydrogen (secondary N) is 1. The zero-order valence-corrected chi connectivity index (χ0v) is 10.7. The van der Waals surface area contributed by atoms with Crippen LogP contribution in [-0.4, -0.2) is 49.7 Å². The topological polar surface area (TPSA) is 96.1 Å². The van der Waals surface area contributed by atoms with E-state index in [0.29, 0.717) is 12.4 Å². The van der Waals surface area contributed by atoms with Gasteiger partial charge in [-0.25, -0.2) is 0 Å². The first-order chi connectivity index (χ1) is 9.22. The molecule has 2 rings (SSSR count). The fourth-order valence-electron chi connectivity index (χ4n) is 1.51. The molecule has 7 nitrogen and oxygen atoms in total. The van der Waals surface area contributed by atoms with Crippen molar-refractivity contribution in [2.24, 2.45) is 0 Å². The SMILES string of the molecule is CCc1nnn(-c2ccc(NCC(O)CO)cc2)n1. The lowest BCUT2D eigenvalue weighted by atomic mass is 10.2. The van der Waals surface area contributed by atoms with Crippen LogP contribution in [0.25, 0.3) is 5.69 Å². The van der Waals surface area contributed by atoms with Crippen LogP contribution in [0.4, 0.5) is 5.69 Å². The van der Waals surface area contributed by atoms with Crippen LogP contribution in [0.5, 0.6) is 0 Å². The molecule has 0 radical (unpaired) electrons. The van der Waals surface area contributed by atoms with Crippen molar-refractivity contribution in [1.29, 1.82) is 0 Å². The van der Waals surface area contributed by atoms with Crippen molar-refractivity contribution in [1.82, 2.24) is 20.2 Å². The maximum absolute atomic E-state index is 9.24. The third kappa shape index (κ3) is 3.49. The minimum atomic E-state index is -0.760. The summed E-state index contributed by atoms with van der Waals surface area (Å²) in [5.41, 5.74) is 1.67. The Morgan fingerprint density at radius 3 is 2.63 bits per heavy atom. The number of tetrazole rings is 1. The smallest absolute Gasteiger partial charge is 0.174 e. The Hall–Kier alpha value is -1.99. The van der Waals surface area contributed by atoms with Crippen molar-refractivity contribution in [3.05, 3.63) is 30.1 Å². The average molecular weight is 263 g/mol. The summed E-state index contributed by atoms with van der Waals surface area (Å²) in [5.74, 6) is 0.702. The monoisotopic (exact) mass is 263 g/mol. The summed E-state index contributed by atoms with van der Waals surface area (Å²) >= 11 is 0. The standard InChI is InChI=1S/C12H17N5O2/c1-2-12-14-16-17(15-12)10-5-3-9(4-6-10)13-7-11(19)8-18/h3-6,11,13,18-19H,2,7-8H2,1H3. The van der Waals surface area contributed by atoms with E-state index in [-0.39, 0.29) is 6.61 Å². The number of aliphatic hydroxyl groups excluding tert-OH is 2. The quantitative estimate of drug-likeness (QED) is 0.678. The number of anilines is 1. The Balaban J connectivity index is 2.01. The van der Waals surface area contributed by atoms with Gasteiger partial charge in [0.15, 0.2) is 5.82 Å². The molecule has 2 aromatic rings. The van der Waals surface area contributed by atoms with E-state index in [0.717, 1.165) is 17.8 Å². The number of aliphatic hydroxyl groups is 2. The lowest BCUT2D eigenvalue weighted by molar-refractivity contribution is 0.105. The van der Waals surface area contributed by atoms with Crippen molar-refractivity contribution in [3.8, 4) is 5.69 Å². The highest BCUT2D eigenvalue weighted by Crippen LogP contribution is 2.11. The zero-order chi connectivity index (χ0) is 13.7. The normalized spacial score (nSPS) is 12.4. The summed E-state index contributed by atoms with van der Waals surface area (Å²) < 4.78 is 0. The van der Waals surface area contributed by atoms with Gasteiger partial charge in [0, 0.05) is 18.7 Å². The summed E-state index contributed by atoms with van der Waals surface area (Å²) in [7, 11) is 0. The highest BCUT2D eigenvalue weighted by atomic mass is 16.3. The second kappa shape index (κ2) is 6.26. The molecule has 1 unspecified atom stereocenters. The Labute approximate surface area is 110 Å². The molecule has 0 bridgehead atoms. The molecular weight excluding hydrogens is 246 g/mol. The second-order valence-corrected chi connectivity index (χ2v) is 4.11. The van der Waals surface area contributed by atoms with Crippen LogP contribution < -0.4 is 5.32 Å². The van der Waals surface area contributed by atoms with Gasteiger partial charge in [0.2, 0.25) is 0 Å². The first-order valence-electron chi connectivity index (χ1n) is 6.15. The van der Waals surface area contributed by atoms with Crippen molar-refractivity contribution >= 4 is 5.69 Å². The number of hydrogen-bond acceptors (Lipinski definition) is 6. The van der Waals surface area contributed by atoms with Gasteiger partial charge in [0.1, 0.15) is 0 Å². The molecule has 7 heteroatoms. The third-order valence-corrected chi connectivity index (χ3v) is 2.62. The molecule has 0 aliphatic carbocycles. The molecule has 1 aromatic carbocycles. The molecule has 0 aliphatic rings. The molecule has 1 heterocycles. The van der Waals surface area contributed by atoms with E-state index in [4.69, 9.17) is 5.11 Å². The van der Waals surface area contributed by atoms with Gasteiger partial charge in [-0.3, -0.25) is 0 Å². The lowest BCUT2D eigenvalue weighted by Gasteiger charge is -2.10. The Morgan fingerprint density at radius 2 is 2.05 bits per heavy atom. The minimum absolute atomic E-state index is 0.256. The van der Waals surface area contributed by atoms with Crippen molar-refractivity contribution in [2.45, 2.75) is 19.4 Å². The molecule has 0 spiro atoms. The third-order valence-electron chi connectivity index (χ3n) is 2.62. The molecule has 0 amide bonds. The summed E-state index contributed by atoms with van der Waals surface area (Å²) in [5, 5.41) is 33.0. The minimum Gasteiger partial charge on any atom is -0.394 e. The first kappa shape index (κ1) is 13.4. The number of benzene rings is 1. The first-order valence-corrected chi connectivity index (χ1v) is 6.15. The van der Waals surface area contributed by atoms with Gasteiger partial charge in [0.25, 0.3) is 0 Å². The molecule has 0 fully saturated rings. The molecule has 3 N–H and O–H groups in total. The Morgan fingerprint density at radius 1 is 1.32 bits per heavy atom. The van der Waals surface area contributed by atoms with Crippen molar-refractivity contribution < 1.29 is 10.2 Å². The summed E-state index contributed by atoms with van der Waals surface area (Å²) in [6.45, 7) is 2.02. The molecular formula is C12H17N5O2. The molecule has 19 heavy (non-hydrogen) atoms. The molecule has 0 saturated carbocycles. The van der Waals surface area contributed by atoms with E-state index >= 15 is 0 Å². The molecule has 0 aliphatic heterocycles. The largest absolute Gasteiger partial charge is 0.394 e. The summed E-state index contributed by atoms with van der Waals surface area (Å²) in [6, 6.07) is 7.42. The van der Waals surface area contributed by atoms with Crippen LogP contribution in [0.15, 0.2) is 24.3 Å². The lowest BCUT2D eigenvalue weighted by Crippen LogP contribution is -2.22. The van der Waals surface area contributed by atoms with Crippen molar-refractivity contribution in [2.75, 3.05) is 18.5 Å². The van der Waals surface area contributed by atoms with Crippen LogP contribution in [0.2, 0.25) is 0 Å². The number of rotatable bonds is 6. The highest BCUT2D eigenvalue weighted by Gasteiger charge is 2.04. The highest BCUT2D eigenvalue weighted by molar-refractivity contribution is 5.48. The van der Waals surface area contributed by atoms with Crippen LogP contribution in [-0.2, 0) is 6.42 Å². The van der Waals surface area contributed by atoms with Gasteiger partial charge >= 0.3 is 0 Å². The number of aryl methyl sites for hydroxylation is 1. The van der Waals surface area contributed by atoms with Gasteiger partial charge in [-0.1, -0.05) is 6.92 Å². The predicted molar refractivity (Wildman–Crippen MR) is 70.1 cm³/mol. The fraction of sp³-hybridized carbons (Fsp3) is 0.417. The van der Waals surface area contributed by atoms with Crippen LogP contribution in [0.1, 0.15) is 12.7 Å². The van der Waals surface area contributed by atoms with Gasteiger partial charge < -0.3 is 15.5 Å². The van der Waals surface area contributed by atoms with Crippen molar-refractivity contribution in [3.63, 3.8) is 0 Å². The molecule has 102 valence electrons. The Kier molecular flexibility index (Phi) is 4.43. The molecule has 1 atom stereocenters. The van der Waals surface area contributed by atoms with Gasteiger partial charge in [-0.05, 0) is 29.5 Å². The maximum Gasteiger partial charge on any atom is 0.174 e. The summed E-state index contributed by atoms with van der Waals surface area (Å²) in [6.07, 6.45) is -0.0117. The fourth-order valence-corrected chi connectivity index (χ4v) is 1.51. The number of nitrogens with zero attached hydrogens (tertiary/aromatic N) is 4. The maximum atomic E-state index is 9.24. The summed E-state index contributed by atoms with van der Waals surface area (Å²) in [4.78, 5) is 1.48. The number of hydrogen-bond donors (Lipinski definition) is 3. The second-order valence-electron chi connectivity index (χ2n) is 4.11. The van der Waals surface area contributed by atoms with E-state index in [1.807, 2.05) is 31.2 Å². The van der Waals surface area contributed by atoms with Gasteiger partial charge in [-0.2, -0.15) is 0 Å². The number of aromatic nitrogens is 4. The van der Waals surface area contributed by atoms with E-state index in [1.165, 1.54) is 4.80 Å². The zero-order valence-electron chi connectivity index (χ0n) is 10.7. The molecule has 0 saturated heterocycles. The Bertz CT molecular complexity index is 511. The predicted octanol–water partition coefficient (Wildman–Crippen LogP) is -0.0102. The van der Waals surface area contributed by atoms with E-state index in [1.54, 1.807) is 0 Å². The van der Waals surface area contributed by atoms with Gasteiger partial charge in [0.05, 0.1) is 18.4 Å².